The summed E-state index contributed by atoms with van der Waals surface area (Å²) in [5, 5.41) is 6.88. The third-order valence-electron chi connectivity index (χ3n) is 5.40. The fourth-order valence-electron chi connectivity index (χ4n) is 3.36. The number of halogens is 1. The highest BCUT2D eigenvalue weighted by Crippen LogP contribution is 2.07. The Balaban J connectivity index is 0.00000420. The summed E-state index contributed by atoms with van der Waals surface area (Å²) in [5.41, 5.74) is 1.36. The molecule has 1 unspecified atom stereocenters. The molecule has 2 rings (SSSR count). The summed E-state index contributed by atoms with van der Waals surface area (Å²) in [7, 11) is 4.03. The molecule has 0 spiro atoms. The van der Waals surface area contributed by atoms with Gasteiger partial charge in [-0.3, -0.25) is 14.8 Å². The highest BCUT2D eigenvalue weighted by atomic mass is 127. The van der Waals surface area contributed by atoms with Gasteiger partial charge in [0.25, 0.3) is 0 Å². The van der Waals surface area contributed by atoms with Gasteiger partial charge in [0.1, 0.15) is 0 Å². The molecule has 0 saturated carbocycles. The molecule has 2 N–H and O–H groups in total. The van der Waals surface area contributed by atoms with Gasteiger partial charge < -0.3 is 15.4 Å². The lowest BCUT2D eigenvalue weighted by Gasteiger charge is -2.26. The van der Waals surface area contributed by atoms with E-state index >= 15 is 0 Å². The molecule has 0 aliphatic carbocycles. The Morgan fingerprint density at radius 1 is 1.14 bits per heavy atom. The van der Waals surface area contributed by atoms with Gasteiger partial charge in [-0.05, 0) is 45.3 Å². The van der Waals surface area contributed by atoms with Gasteiger partial charge in [0.15, 0.2) is 5.96 Å². The first-order valence-electron chi connectivity index (χ1n) is 10.7. The second-order valence-electron chi connectivity index (χ2n) is 7.63. The molecule has 1 fully saturated rings. The third-order valence-corrected chi connectivity index (χ3v) is 5.40. The fourth-order valence-corrected chi connectivity index (χ4v) is 3.36. The molecule has 29 heavy (non-hydrogen) atoms. The molecule has 6 nitrogen and oxygen atoms in total. The number of nitrogens with one attached hydrogen (secondary N) is 2. The van der Waals surface area contributed by atoms with Crippen molar-refractivity contribution in [2.45, 2.75) is 38.8 Å². The Kier molecular flexibility index (Phi) is 14.3. The van der Waals surface area contributed by atoms with Gasteiger partial charge in [-0.15, -0.1) is 24.0 Å². The van der Waals surface area contributed by atoms with E-state index in [2.05, 4.69) is 69.7 Å². The first-order valence-corrected chi connectivity index (χ1v) is 10.7. The van der Waals surface area contributed by atoms with Crippen LogP contribution in [0, 0.1) is 0 Å². The van der Waals surface area contributed by atoms with Crippen LogP contribution in [-0.4, -0.2) is 81.8 Å². The molecule has 0 radical (unpaired) electrons. The molecule has 1 saturated heterocycles. The van der Waals surface area contributed by atoms with Crippen molar-refractivity contribution in [3.05, 3.63) is 35.9 Å². The Morgan fingerprint density at radius 3 is 2.52 bits per heavy atom. The number of morpholine rings is 1. The zero-order valence-electron chi connectivity index (χ0n) is 18.4. The summed E-state index contributed by atoms with van der Waals surface area (Å²) >= 11 is 0. The lowest BCUT2D eigenvalue weighted by atomic mass is 10.1. The summed E-state index contributed by atoms with van der Waals surface area (Å²) in [5.74, 6) is 0.907. The number of guanidine groups is 1. The van der Waals surface area contributed by atoms with E-state index in [0.29, 0.717) is 6.04 Å². The predicted octanol–water partition coefficient (Wildman–Crippen LogP) is 2.79. The van der Waals surface area contributed by atoms with Crippen LogP contribution < -0.4 is 10.6 Å². The van der Waals surface area contributed by atoms with Crippen LogP contribution in [-0.2, 0) is 11.3 Å². The first kappa shape index (κ1) is 26.1. The number of aliphatic imine (C=N–C) groups is 1. The van der Waals surface area contributed by atoms with E-state index in [1.54, 1.807) is 0 Å². The van der Waals surface area contributed by atoms with Crippen LogP contribution in [0.5, 0.6) is 0 Å². The van der Waals surface area contributed by atoms with E-state index in [1.807, 2.05) is 7.05 Å². The van der Waals surface area contributed by atoms with Crippen LogP contribution >= 0.6 is 24.0 Å². The van der Waals surface area contributed by atoms with Crippen LogP contribution in [0.1, 0.15) is 31.7 Å². The van der Waals surface area contributed by atoms with E-state index in [-0.39, 0.29) is 24.0 Å². The normalized spacial score (nSPS) is 16.3. The summed E-state index contributed by atoms with van der Waals surface area (Å²) in [6.07, 6.45) is 3.46. The standard InChI is InChI=1S/C22H39N5O.HI/c1-20(26(3)19-21-9-5-4-6-10-21)11-13-25-22(23-2)24-12-7-8-14-27-15-17-28-18-16-27;/h4-6,9-10,20H,7-8,11-19H2,1-3H3,(H2,23,24,25);1H. The number of ether oxygens (including phenoxy) is 1. The van der Waals surface area contributed by atoms with Gasteiger partial charge in [-0.1, -0.05) is 30.3 Å². The molecule has 1 aliphatic rings. The smallest absolute Gasteiger partial charge is 0.190 e. The average molecular weight is 518 g/mol. The number of benzene rings is 1. The molecule has 1 aliphatic heterocycles. The predicted molar refractivity (Wildman–Crippen MR) is 133 cm³/mol. The topological polar surface area (TPSA) is 52.1 Å². The number of unbranched alkanes of at least 4 members (excludes halogenated alkanes) is 1. The van der Waals surface area contributed by atoms with Crippen LogP contribution in [0.15, 0.2) is 35.3 Å². The van der Waals surface area contributed by atoms with Gasteiger partial charge in [-0.2, -0.15) is 0 Å². The molecule has 1 aromatic rings. The van der Waals surface area contributed by atoms with Gasteiger partial charge >= 0.3 is 0 Å². The lowest BCUT2D eigenvalue weighted by molar-refractivity contribution is 0.0372. The van der Waals surface area contributed by atoms with E-state index < -0.39 is 0 Å². The minimum Gasteiger partial charge on any atom is -0.379 e. The van der Waals surface area contributed by atoms with Crippen molar-refractivity contribution >= 4 is 29.9 Å². The van der Waals surface area contributed by atoms with Crippen LogP contribution in [0.25, 0.3) is 0 Å². The van der Waals surface area contributed by atoms with Crippen molar-refractivity contribution in [1.82, 2.24) is 20.4 Å². The Bertz CT molecular complexity index is 551. The molecule has 0 aromatic heterocycles. The first-order chi connectivity index (χ1) is 13.7. The van der Waals surface area contributed by atoms with E-state index in [0.717, 1.165) is 64.7 Å². The number of rotatable bonds is 11. The Morgan fingerprint density at radius 2 is 1.83 bits per heavy atom. The second-order valence-corrected chi connectivity index (χ2v) is 7.63. The summed E-state index contributed by atoms with van der Waals surface area (Å²) in [6.45, 7) is 10.2. The zero-order chi connectivity index (χ0) is 20.0. The molecule has 0 bridgehead atoms. The monoisotopic (exact) mass is 517 g/mol. The van der Waals surface area contributed by atoms with Gasteiger partial charge in [0.2, 0.25) is 0 Å². The maximum atomic E-state index is 5.39. The third kappa shape index (κ3) is 11.2. The van der Waals surface area contributed by atoms with Crippen LogP contribution in [0.2, 0.25) is 0 Å². The maximum absolute atomic E-state index is 5.39. The molecule has 1 atom stereocenters. The van der Waals surface area contributed by atoms with E-state index in [9.17, 15) is 0 Å². The van der Waals surface area contributed by atoms with E-state index in [1.165, 1.54) is 18.5 Å². The largest absolute Gasteiger partial charge is 0.379 e. The van der Waals surface area contributed by atoms with Crippen LogP contribution in [0.3, 0.4) is 0 Å². The summed E-state index contributed by atoms with van der Waals surface area (Å²) < 4.78 is 5.39. The molecular weight excluding hydrogens is 477 g/mol. The minimum atomic E-state index is 0. The van der Waals surface area contributed by atoms with Crippen molar-refractivity contribution in [3.8, 4) is 0 Å². The van der Waals surface area contributed by atoms with Gasteiger partial charge in [0.05, 0.1) is 13.2 Å². The van der Waals surface area contributed by atoms with Gasteiger partial charge in [-0.25, -0.2) is 0 Å². The van der Waals surface area contributed by atoms with Crippen molar-refractivity contribution in [1.29, 1.82) is 0 Å². The zero-order valence-corrected chi connectivity index (χ0v) is 20.7. The molecule has 1 aromatic carbocycles. The molecular formula is C22H40IN5O. The Labute approximate surface area is 194 Å². The quantitative estimate of drug-likeness (QED) is 0.205. The van der Waals surface area contributed by atoms with Crippen molar-refractivity contribution in [2.24, 2.45) is 4.99 Å². The highest BCUT2D eigenvalue weighted by Gasteiger charge is 2.10. The molecule has 0 amide bonds. The van der Waals surface area contributed by atoms with E-state index in [4.69, 9.17) is 4.74 Å². The van der Waals surface area contributed by atoms with Crippen molar-refractivity contribution < 1.29 is 4.74 Å². The molecule has 166 valence electrons. The summed E-state index contributed by atoms with van der Waals surface area (Å²) in [4.78, 5) is 9.23. The number of hydrogen-bond donors (Lipinski definition) is 2. The SMILES string of the molecule is CN=C(NCCCCN1CCOCC1)NCCC(C)N(C)Cc1ccccc1.I. The molecule has 1 heterocycles. The summed E-state index contributed by atoms with van der Waals surface area (Å²) in [6, 6.07) is 11.2. The second kappa shape index (κ2) is 15.9. The Hall–Kier alpha value is -0.900. The molecule has 7 heteroatoms. The average Bonchev–Trinajstić information content (AvgIpc) is 2.73. The number of nitrogens with zero attached hydrogens (tertiary/aromatic N) is 3. The van der Waals surface area contributed by atoms with Crippen molar-refractivity contribution in [2.75, 3.05) is 60.0 Å². The minimum absolute atomic E-state index is 0. The van der Waals surface area contributed by atoms with Gasteiger partial charge in [0, 0.05) is 45.8 Å². The lowest BCUT2D eigenvalue weighted by Crippen LogP contribution is -2.40. The fraction of sp³-hybridized carbons (Fsp3) is 0.682. The highest BCUT2D eigenvalue weighted by molar-refractivity contribution is 14.0. The number of hydrogen-bond acceptors (Lipinski definition) is 4. The maximum Gasteiger partial charge on any atom is 0.190 e. The van der Waals surface area contributed by atoms with Crippen LogP contribution in [0.4, 0.5) is 0 Å². The van der Waals surface area contributed by atoms with Crippen molar-refractivity contribution in [3.63, 3.8) is 0 Å².